The summed E-state index contributed by atoms with van der Waals surface area (Å²) < 4.78 is 4.40. The van der Waals surface area contributed by atoms with E-state index in [0.29, 0.717) is 0 Å². The van der Waals surface area contributed by atoms with Crippen molar-refractivity contribution in [1.82, 2.24) is 4.37 Å². The Kier molecular flexibility index (Phi) is 3.64. The van der Waals surface area contributed by atoms with Gasteiger partial charge in [-0.25, -0.2) is 0 Å². The Morgan fingerprint density at radius 1 is 1.29 bits per heavy atom. The molecule has 0 unspecified atom stereocenters. The van der Waals surface area contributed by atoms with Crippen LogP contribution in [0.3, 0.4) is 0 Å². The second kappa shape index (κ2) is 5.02. The third-order valence-electron chi connectivity index (χ3n) is 3.42. The van der Waals surface area contributed by atoms with Gasteiger partial charge < -0.3 is 10.4 Å². The van der Waals surface area contributed by atoms with Crippen molar-refractivity contribution in [2.75, 3.05) is 11.9 Å². The minimum atomic E-state index is -0.227. The Balaban J connectivity index is 2.34. The molecule has 0 atom stereocenters. The summed E-state index contributed by atoms with van der Waals surface area (Å²) in [5.74, 6) is 0. The standard InChI is InChI=1S/C13H18N2OS/c1-3-13(4-2,9-16)14-12-10-7-5-6-8-11(10)15-17-12/h5-8,14,16H,3-4,9H2,1-2H3. The van der Waals surface area contributed by atoms with Gasteiger partial charge >= 0.3 is 0 Å². The highest BCUT2D eigenvalue weighted by Gasteiger charge is 2.26. The maximum atomic E-state index is 9.57. The predicted molar refractivity (Wildman–Crippen MR) is 73.6 cm³/mol. The fourth-order valence-corrected chi connectivity index (χ4v) is 2.79. The van der Waals surface area contributed by atoms with Crippen molar-refractivity contribution < 1.29 is 5.11 Å². The van der Waals surface area contributed by atoms with E-state index in [9.17, 15) is 5.11 Å². The molecule has 0 fully saturated rings. The minimum absolute atomic E-state index is 0.145. The van der Waals surface area contributed by atoms with Gasteiger partial charge in [-0.05, 0) is 36.5 Å². The third-order valence-corrected chi connectivity index (χ3v) is 4.21. The van der Waals surface area contributed by atoms with Gasteiger partial charge in [-0.1, -0.05) is 26.0 Å². The van der Waals surface area contributed by atoms with Gasteiger partial charge in [0.25, 0.3) is 0 Å². The van der Waals surface area contributed by atoms with Crippen LogP contribution in [0.4, 0.5) is 5.00 Å². The lowest BCUT2D eigenvalue weighted by molar-refractivity contribution is 0.203. The first kappa shape index (κ1) is 12.3. The normalized spacial score (nSPS) is 11.9. The number of benzene rings is 1. The number of anilines is 1. The van der Waals surface area contributed by atoms with Crippen LogP contribution >= 0.6 is 11.5 Å². The zero-order valence-electron chi connectivity index (χ0n) is 10.2. The van der Waals surface area contributed by atoms with Crippen molar-refractivity contribution in [1.29, 1.82) is 0 Å². The molecule has 2 N–H and O–H groups in total. The maximum absolute atomic E-state index is 9.57. The van der Waals surface area contributed by atoms with Crippen LogP contribution in [0, 0.1) is 0 Å². The Labute approximate surface area is 106 Å². The lowest BCUT2D eigenvalue weighted by Gasteiger charge is -2.31. The molecule has 0 spiro atoms. The molecule has 0 aliphatic rings. The van der Waals surface area contributed by atoms with Gasteiger partial charge in [0, 0.05) is 5.39 Å². The highest BCUT2D eigenvalue weighted by Crippen LogP contribution is 2.31. The van der Waals surface area contributed by atoms with Gasteiger partial charge in [0.05, 0.1) is 17.7 Å². The van der Waals surface area contributed by atoms with E-state index in [1.165, 1.54) is 11.5 Å². The van der Waals surface area contributed by atoms with Crippen molar-refractivity contribution in [3.63, 3.8) is 0 Å². The van der Waals surface area contributed by atoms with E-state index in [0.717, 1.165) is 28.7 Å². The van der Waals surface area contributed by atoms with E-state index in [4.69, 9.17) is 0 Å². The number of nitrogens with zero attached hydrogens (tertiary/aromatic N) is 1. The Hall–Kier alpha value is -1.13. The minimum Gasteiger partial charge on any atom is -0.394 e. The largest absolute Gasteiger partial charge is 0.394 e. The maximum Gasteiger partial charge on any atom is 0.117 e. The van der Waals surface area contributed by atoms with Crippen molar-refractivity contribution in [2.24, 2.45) is 0 Å². The molecule has 92 valence electrons. The topological polar surface area (TPSA) is 45.1 Å². The van der Waals surface area contributed by atoms with Crippen LogP contribution in [-0.2, 0) is 0 Å². The molecule has 0 saturated heterocycles. The van der Waals surface area contributed by atoms with E-state index >= 15 is 0 Å². The average Bonchev–Trinajstić information content (AvgIpc) is 2.79. The van der Waals surface area contributed by atoms with E-state index < -0.39 is 0 Å². The van der Waals surface area contributed by atoms with Crippen molar-refractivity contribution >= 4 is 27.4 Å². The number of aliphatic hydroxyl groups is 1. The SMILES string of the molecule is CCC(CC)(CO)Nc1snc2ccccc12. The molecule has 4 heteroatoms. The molecule has 1 heterocycles. The molecule has 2 aromatic rings. The summed E-state index contributed by atoms with van der Waals surface area (Å²) in [7, 11) is 0. The summed E-state index contributed by atoms with van der Waals surface area (Å²) in [5.41, 5.74) is 0.786. The second-order valence-electron chi connectivity index (χ2n) is 4.30. The van der Waals surface area contributed by atoms with Crippen molar-refractivity contribution in [3.05, 3.63) is 24.3 Å². The number of hydrogen-bond donors (Lipinski definition) is 2. The number of aromatic nitrogens is 1. The quantitative estimate of drug-likeness (QED) is 0.856. The molecule has 1 aromatic heterocycles. The molecule has 0 amide bonds. The molecule has 0 bridgehead atoms. The number of hydrogen-bond acceptors (Lipinski definition) is 4. The molecule has 0 aliphatic carbocycles. The number of aliphatic hydroxyl groups excluding tert-OH is 1. The van der Waals surface area contributed by atoms with E-state index in [1.807, 2.05) is 18.2 Å². The molecule has 2 rings (SSSR count). The van der Waals surface area contributed by atoms with E-state index in [2.05, 4.69) is 29.6 Å². The first-order chi connectivity index (χ1) is 8.24. The summed E-state index contributed by atoms with van der Waals surface area (Å²) in [6, 6.07) is 8.08. The first-order valence-corrected chi connectivity index (χ1v) is 6.75. The number of rotatable bonds is 5. The van der Waals surface area contributed by atoms with Crippen LogP contribution < -0.4 is 5.32 Å². The smallest absolute Gasteiger partial charge is 0.117 e. The lowest BCUT2D eigenvalue weighted by atomic mass is 9.94. The molecular formula is C13H18N2OS. The monoisotopic (exact) mass is 250 g/mol. The molecule has 0 saturated carbocycles. The van der Waals surface area contributed by atoms with E-state index in [1.54, 1.807) is 0 Å². The summed E-state index contributed by atoms with van der Waals surface area (Å²) in [4.78, 5) is 0. The van der Waals surface area contributed by atoms with Crippen LogP contribution in [0.2, 0.25) is 0 Å². The number of fused-ring (bicyclic) bond motifs is 1. The van der Waals surface area contributed by atoms with Gasteiger partial charge in [0.15, 0.2) is 0 Å². The van der Waals surface area contributed by atoms with Crippen LogP contribution in [0.1, 0.15) is 26.7 Å². The molecule has 17 heavy (non-hydrogen) atoms. The van der Waals surface area contributed by atoms with Gasteiger partial charge in [-0.2, -0.15) is 4.37 Å². The first-order valence-electron chi connectivity index (χ1n) is 5.98. The van der Waals surface area contributed by atoms with Crippen molar-refractivity contribution in [3.8, 4) is 0 Å². The van der Waals surface area contributed by atoms with Crippen LogP contribution in [0.25, 0.3) is 10.9 Å². The average molecular weight is 250 g/mol. The van der Waals surface area contributed by atoms with Crippen LogP contribution in [0.5, 0.6) is 0 Å². The highest BCUT2D eigenvalue weighted by molar-refractivity contribution is 7.11. The Bertz CT molecular complexity index is 483. The zero-order chi connectivity index (χ0) is 12.3. The molecule has 1 aromatic carbocycles. The van der Waals surface area contributed by atoms with Gasteiger partial charge in [0.1, 0.15) is 5.00 Å². The molecule has 0 radical (unpaired) electrons. The predicted octanol–water partition coefficient (Wildman–Crippen LogP) is 3.26. The molecule has 3 nitrogen and oxygen atoms in total. The van der Waals surface area contributed by atoms with Crippen LogP contribution in [0.15, 0.2) is 24.3 Å². The molecular weight excluding hydrogens is 232 g/mol. The van der Waals surface area contributed by atoms with Gasteiger partial charge in [0.2, 0.25) is 0 Å². The molecule has 0 aliphatic heterocycles. The van der Waals surface area contributed by atoms with Gasteiger partial charge in [-0.15, -0.1) is 0 Å². The lowest BCUT2D eigenvalue weighted by Crippen LogP contribution is -2.40. The van der Waals surface area contributed by atoms with E-state index in [-0.39, 0.29) is 12.1 Å². The van der Waals surface area contributed by atoms with Crippen molar-refractivity contribution in [2.45, 2.75) is 32.2 Å². The summed E-state index contributed by atoms with van der Waals surface area (Å²) in [5, 5.41) is 15.2. The zero-order valence-corrected chi connectivity index (χ0v) is 11.0. The summed E-state index contributed by atoms with van der Waals surface area (Å²) >= 11 is 1.46. The summed E-state index contributed by atoms with van der Waals surface area (Å²) in [6.45, 7) is 4.33. The second-order valence-corrected chi connectivity index (χ2v) is 5.07. The Morgan fingerprint density at radius 2 is 2.00 bits per heavy atom. The highest BCUT2D eigenvalue weighted by atomic mass is 32.1. The fourth-order valence-electron chi connectivity index (χ4n) is 1.91. The van der Waals surface area contributed by atoms with Crippen LogP contribution in [-0.4, -0.2) is 21.6 Å². The summed E-state index contributed by atoms with van der Waals surface area (Å²) in [6.07, 6.45) is 1.79. The fraction of sp³-hybridized carbons (Fsp3) is 0.462. The Morgan fingerprint density at radius 3 is 2.65 bits per heavy atom. The third kappa shape index (κ3) is 2.28. The van der Waals surface area contributed by atoms with Gasteiger partial charge in [-0.3, -0.25) is 0 Å². The number of nitrogens with one attached hydrogen (secondary N) is 1.